The zero-order valence-electron chi connectivity index (χ0n) is 23.8. The maximum absolute atomic E-state index is 14.1. The number of allylic oxidation sites excluding steroid dienone is 1. The van der Waals surface area contributed by atoms with Crippen molar-refractivity contribution in [2.75, 3.05) is 0 Å². The Balaban J connectivity index is 1.50. The van der Waals surface area contributed by atoms with Crippen LogP contribution in [0, 0.1) is 6.92 Å². The van der Waals surface area contributed by atoms with Gasteiger partial charge in [0.2, 0.25) is 0 Å². The molecule has 6 rings (SSSR count). The number of nitrogens with zero attached hydrogens (tertiary/aromatic N) is 3. The molecule has 1 aliphatic rings. The summed E-state index contributed by atoms with van der Waals surface area (Å²) in [6.07, 6.45) is 3.71. The summed E-state index contributed by atoms with van der Waals surface area (Å²) >= 11 is 7.50. The van der Waals surface area contributed by atoms with E-state index in [0.717, 1.165) is 22.0 Å². The van der Waals surface area contributed by atoms with E-state index < -0.39 is 12.0 Å². The van der Waals surface area contributed by atoms with E-state index in [2.05, 4.69) is 54.1 Å². The van der Waals surface area contributed by atoms with Crippen molar-refractivity contribution in [3.05, 3.63) is 137 Å². The number of hydrogen-bond acceptors (Lipinski definition) is 5. The monoisotopic (exact) mass is 595 g/mol. The van der Waals surface area contributed by atoms with E-state index in [-0.39, 0.29) is 11.7 Å². The predicted octanol–water partition coefficient (Wildman–Crippen LogP) is 6.15. The first-order valence-corrected chi connectivity index (χ1v) is 15.0. The van der Waals surface area contributed by atoms with Gasteiger partial charge in [-0.1, -0.05) is 83.1 Å². The number of aryl methyl sites for hydroxylation is 1. The van der Waals surface area contributed by atoms with Crippen LogP contribution in [-0.4, -0.2) is 21.2 Å². The fourth-order valence-electron chi connectivity index (χ4n) is 5.37. The molecule has 6 nitrogen and oxygen atoms in total. The second-order valence-corrected chi connectivity index (χ2v) is 12.2. The molecule has 8 heteroatoms. The highest BCUT2D eigenvalue weighted by Crippen LogP contribution is 2.32. The molecule has 3 heterocycles. The van der Waals surface area contributed by atoms with Crippen molar-refractivity contribution in [1.29, 1.82) is 0 Å². The Morgan fingerprint density at radius 3 is 2.48 bits per heavy atom. The smallest absolute Gasteiger partial charge is 0.338 e. The zero-order chi connectivity index (χ0) is 29.5. The van der Waals surface area contributed by atoms with Crippen LogP contribution in [0.3, 0.4) is 0 Å². The van der Waals surface area contributed by atoms with Crippen molar-refractivity contribution in [3.8, 4) is 0 Å². The lowest BCUT2D eigenvalue weighted by Crippen LogP contribution is -2.40. The lowest BCUT2D eigenvalue weighted by Gasteiger charge is -2.25. The van der Waals surface area contributed by atoms with Crippen molar-refractivity contribution in [1.82, 2.24) is 9.13 Å². The molecule has 0 fully saturated rings. The van der Waals surface area contributed by atoms with E-state index in [1.54, 1.807) is 37.5 Å². The summed E-state index contributed by atoms with van der Waals surface area (Å²) in [6.45, 7) is 8.19. The second kappa shape index (κ2) is 11.2. The van der Waals surface area contributed by atoms with Gasteiger partial charge >= 0.3 is 5.97 Å². The topological polar surface area (TPSA) is 65.6 Å². The number of carbonyl (C=O) groups is 1. The number of thiazole rings is 1. The number of aromatic nitrogens is 2. The Morgan fingerprint density at radius 1 is 1.05 bits per heavy atom. The van der Waals surface area contributed by atoms with E-state index in [4.69, 9.17) is 21.3 Å². The number of rotatable bonds is 6. The minimum Gasteiger partial charge on any atom is -0.459 e. The van der Waals surface area contributed by atoms with Crippen molar-refractivity contribution < 1.29 is 9.53 Å². The molecule has 3 aromatic carbocycles. The Morgan fingerprint density at radius 2 is 1.76 bits per heavy atom. The minimum absolute atomic E-state index is 0.212. The van der Waals surface area contributed by atoms with Gasteiger partial charge in [-0.25, -0.2) is 9.79 Å². The summed E-state index contributed by atoms with van der Waals surface area (Å²) < 4.78 is 9.95. The molecule has 0 bridgehead atoms. The van der Waals surface area contributed by atoms with Gasteiger partial charge in [0.15, 0.2) is 4.80 Å². The van der Waals surface area contributed by atoms with Crippen LogP contribution in [0.25, 0.3) is 17.0 Å². The normalized spacial score (nSPS) is 15.3. The average Bonchev–Trinajstić information content (AvgIpc) is 3.45. The summed E-state index contributed by atoms with van der Waals surface area (Å²) in [5.74, 6) is -0.486. The van der Waals surface area contributed by atoms with Crippen LogP contribution in [0.2, 0.25) is 5.02 Å². The van der Waals surface area contributed by atoms with Crippen LogP contribution in [-0.2, 0) is 16.1 Å². The number of para-hydroxylation sites is 1. The fraction of sp³-hybridized carbons (Fsp3) is 0.206. The number of benzene rings is 3. The molecule has 0 saturated carbocycles. The van der Waals surface area contributed by atoms with E-state index in [0.29, 0.717) is 32.2 Å². The lowest BCUT2D eigenvalue weighted by molar-refractivity contribution is -0.143. The Labute approximate surface area is 252 Å². The number of ether oxygens (including phenoxy) is 1. The van der Waals surface area contributed by atoms with Crippen molar-refractivity contribution in [3.63, 3.8) is 0 Å². The fourth-order valence-corrected chi connectivity index (χ4v) is 6.54. The van der Waals surface area contributed by atoms with Gasteiger partial charge in [0, 0.05) is 34.2 Å². The summed E-state index contributed by atoms with van der Waals surface area (Å²) in [7, 11) is 0. The molecule has 1 aliphatic heterocycles. The minimum atomic E-state index is -0.685. The third-order valence-electron chi connectivity index (χ3n) is 7.35. The Kier molecular flexibility index (Phi) is 7.47. The first-order chi connectivity index (χ1) is 20.2. The number of fused-ring (bicyclic) bond motifs is 2. The molecule has 0 N–H and O–H groups in total. The lowest BCUT2D eigenvalue weighted by atomic mass is 9.96. The highest BCUT2D eigenvalue weighted by Gasteiger charge is 2.33. The first kappa shape index (κ1) is 27.9. The molecule has 0 radical (unpaired) electrons. The molecular weight excluding hydrogens is 566 g/mol. The van der Waals surface area contributed by atoms with Crippen LogP contribution in [0.5, 0.6) is 0 Å². The molecule has 0 spiro atoms. The highest BCUT2D eigenvalue weighted by molar-refractivity contribution is 7.07. The average molecular weight is 596 g/mol. The van der Waals surface area contributed by atoms with Crippen LogP contribution < -0.4 is 14.9 Å². The second-order valence-electron chi connectivity index (χ2n) is 10.8. The van der Waals surface area contributed by atoms with E-state index in [9.17, 15) is 9.59 Å². The Bertz CT molecular complexity index is 2030. The molecule has 212 valence electrons. The van der Waals surface area contributed by atoms with Crippen LogP contribution >= 0.6 is 22.9 Å². The van der Waals surface area contributed by atoms with E-state index >= 15 is 0 Å². The summed E-state index contributed by atoms with van der Waals surface area (Å²) in [6, 6.07) is 23.2. The van der Waals surface area contributed by atoms with Crippen LogP contribution in [0.15, 0.2) is 100 Å². The third-order valence-corrected chi connectivity index (χ3v) is 8.58. The van der Waals surface area contributed by atoms with Gasteiger partial charge in [-0.3, -0.25) is 9.36 Å². The predicted molar refractivity (Wildman–Crippen MR) is 169 cm³/mol. The number of hydrogen-bond donors (Lipinski definition) is 0. The Hall–Kier alpha value is -4.20. The molecule has 5 aromatic rings. The molecule has 2 aromatic heterocycles. The maximum Gasteiger partial charge on any atom is 0.338 e. The summed E-state index contributed by atoms with van der Waals surface area (Å²) in [5, 5.41) is 1.63. The number of esters is 1. The van der Waals surface area contributed by atoms with E-state index in [1.807, 2.05) is 30.3 Å². The van der Waals surface area contributed by atoms with E-state index in [1.165, 1.54) is 22.5 Å². The summed E-state index contributed by atoms with van der Waals surface area (Å²) in [5.41, 5.74) is 5.88. The zero-order valence-corrected chi connectivity index (χ0v) is 25.4. The van der Waals surface area contributed by atoms with Gasteiger partial charge in [-0.15, -0.1) is 0 Å². The largest absolute Gasteiger partial charge is 0.459 e. The standard InChI is InChI=1S/C34H30ClN3O3S/c1-20(2)41-33(40)30-22(4)36-34-38(31(30)24-13-15-26(35)16-14-24)32(39)29(42-34)17-25-19-37(28-8-6-5-7-27(25)28)18-23-11-9-21(3)10-12-23/h5-17,19-20,31H,18H2,1-4H3. The molecule has 0 aliphatic carbocycles. The SMILES string of the molecule is CC1=C(C(=O)OC(C)C)C(c2ccc(Cl)cc2)n2c(sc(=Cc3cn(Cc4ccc(C)cc4)c4ccccc34)c2=O)=N1. The molecule has 1 atom stereocenters. The summed E-state index contributed by atoms with van der Waals surface area (Å²) in [4.78, 5) is 32.7. The molecule has 1 unspecified atom stereocenters. The van der Waals surface area contributed by atoms with Gasteiger partial charge in [0.1, 0.15) is 0 Å². The van der Waals surface area contributed by atoms with Gasteiger partial charge < -0.3 is 9.30 Å². The van der Waals surface area contributed by atoms with Crippen LogP contribution in [0.4, 0.5) is 0 Å². The molecule has 0 saturated heterocycles. The molecular formula is C34H30ClN3O3S. The van der Waals surface area contributed by atoms with Gasteiger partial charge in [-0.2, -0.15) is 0 Å². The van der Waals surface area contributed by atoms with Crippen LogP contribution in [0.1, 0.15) is 49.1 Å². The van der Waals surface area contributed by atoms with Crippen molar-refractivity contribution >= 4 is 45.9 Å². The quantitative estimate of drug-likeness (QED) is 0.221. The third kappa shape index (κ3) is 5.26. The van der Waals surface area contributed by atoms with Gasteiger partial charge in [0.05, 0.1) is 27.9 Å². The van der Waals surface area contributed by atoms with Gasteiger partial charge in [0.25, 0.3) is 5.56 Å². The molecule has 42 heavy (non-hydrogen) atoms. The number of halogens is 1. The number of carbonyl (C=O) groups excluding carboxylic acids is 1. The van der Waals surface area contributed by atoms with Crippen molar-refractivity contribution in [2.45, 2.75) is 46.4 Å². The maximum atomic E-state index is 14.1. The van der Waals surface area contributed by atoms with Gasteiger partial charge in [-0.05, 0) is 63.1 Å². The van der Waals surface area contributed by atoms with Crippen molar-refractivity contribution in [2.24, 2.45) is 4.99 Å². The molecule has 0 amide bonds. The highest BCUT2D eigenvalue weighted by atomic mass is 35.5. The first-order valence-electron chi connectivity index (χ1n) is 13.8.